The molecule has 3 aromatic rings. The number of carbonyl (C=O) groups excluding carboxylic acids is 1. The largest absolute Gasteiger partial charge is 0.497 e. The Morgan fingerprint density at radius 1 is 0.935 bits per heavy atom. The summed E-state index contributed by atoms with van der Waals surface area (Å²) in [6.45, 7) is 3.22. The minimum absolute atomic E-state index is 0.172. The monoisotopic (exact) mass is 459 g/mol. The van der Waals surface area contributed by atoms with Gasteiger partial charge in [0.2, 0.25) is 0 Å². The van der Waals surface area contributed by atoms with Crippen molar-refractivity contribution in [2.45, 2.75) is 24.0 Å². The minimum atomic E-state index is -3.41. The lowest BCUT2D eigenvalue weighted by Gasteiger charge is -2.13. The van der Waals surface area contributed by atoms with Gasteiger partial charge in [-0.15, -0.1) is 0 Å². The van der Waals surface area contributed by atoms with Gasteiger partial charge < -0.3 is 14.8 Å². The Balaban J connectivity index is 1.81. The zero-order valence-corrected chi connectivity index (χ0v) is 18.8. The van der Waals surface area contributed by atoms with Crippen LogP contribution in [-0.2, 0) is 9.84 Å². The van der Waals surface area contributed by atoms with E-state index in [0.29, 0.717) is 33.5 Å². The fourth-order valence-corrected chi connectivity index (χ4v) is 3.95. The van der Waals surface area contributed by atoms with Gasteiger partial charge in [-0.25, -0.2) is 8.42 Å². The Kier molecular flexibility index (Phi) is 6.87. The van der Waals surface area contributed by atoms with Crippen LogP contribution < -0.4 is 14.8 Å². The van der Waals surface area contributed by atoms with E-state index in [-0.39, 0.29) is 4.90 Å². The molecule has 0 spiro atoms. The quantitative estimate of drug-likeness (QED) is 0.499. The van der Waals surface area contributed by atoms with E-state index in [9.17, 15) is 13.2 Å². The number of rotatable bonds is 7. The van der Waals surface area contributed by atoms with Crippen LogP contribution in [0.25, 0.3) is 0 Å². The zero-order valence-electron chi connectivity index (χ0n) is 17.3. The van der Waals surface area contributed by atoms with Crippen LogP contribution in [0, 0.1) is 0 Å². The Bertz CT molecular complexity index is 1170. The molecule has 0 saturated heterocycles. The normalized spacial score (nSPS) is 11.3. The number of ether oxygens (including phenoxy) is 2. The summed E-state index contributed by atoms with van der Waals surface area (Å²) in [5, 5.41) is 2.65. The maximum atomic E-state index is 12.7. The number of benzene rings is 3. The van der Waals surface area contributed by atoms with Crippen LogP contribution in [0.15, 0.2) is 71.6 Å². The average Bonchev–Trinajstić information content (AvgIpc) is 2.76. The van der Waals surface area contributed by atoms with Crippen LogP contribution in [0.2, 0.25) is 5.02 Å². The second-order valence-corrected chi connectivity index (χ2v) is 9.93. The highest BCUT2D eigenvalue weighted by molar-refractivity contribution is 7.92. The molecule has 0 aliphatic rings. The summed E-state index contributed by atoms with van der Waals surface area (Å²) < 4.78 is 35.5. The number of hydrogen-bond donors (Lipinski definition) is 1. The molecule has 0 aliphatic heterocycles. The van der Waals surface area contributed by atoms with Crippen LogP contribution in [0.5, 0.6) is 17.2 Å². The fourth-order valence-electron chi connectivity index (χ4n) is 2.72. The molecule has 0 bridgehead atoms. The first-order valence-electron chi connectivity index (χ1n) is 9.47. The molecule has 162 valence electrons. The molecule has 3 rings (SSSR count). The number of amides is 1. The summed E-state index contributed by atoms with van der Waals surface area (Å²) in [4.78, 5) is 12.9. The van der Waals surface area contributed by atoms with Crippen LogP contribution in [-0.4, -0.2) is 26.7 Å². The highest BCUT2D eigenvalue weighted by atomic mass is 35.5. The highest BCUT2D eigenvalue weighted by Crippen LogP contribution is 2.33. The molecule has 0 atom stereocenters. The maximum Gasteiger partial charge on any atom is 0.255 e. The van der Waals surface area contributed by atoms with Crippen molar-refractivity contribution in [1.82, 2.24) is 0 Å². The number of carbonyl (C=O) groups is 1. The molecule has 1 N–H and O–H groups in total. The maximum absolute atomic E-state index is 12.7. The Morgan fingerprint density at radius 2 is 1.55 bits per heavy atom. The second-order valence-electron chi connectivity index (χ2n) is 6.99. The van der Waals surface area contributed by atoms with Crippen molar-refractivity contribution in [3.05, 3.63) is 77.3 Å². The molecule has 0 aromatic heterocycles. The van der Waals surface area contributed by atoms with E-state index in [1.54, 1.807) is 63.4 Å². The molecule has 3 aromatic carbocycles. The molecule has 31 heavy (non-hydrogen) atoms. The summed E-state index contributed by atoms with van der Waals surface area (Å²) in [5.41, 5.74) is 0.685. The summed E-state index contributed by atoms with van der Waals surface area (Å²) in [5.74, 6) is 1.24. The summed E-state index contributed by atoms with van der Waals surface area (Å²) in [6, 6.07) is 17.7. The first-order chi connectivity index (χ1) is 14.7. The summed E-state index contributed by atoms with van der Waals surface area (Å²) in [6.07, 6.45) is 0. The van der Waals surface area contributed by atoms with E-state index >= 15 is 0 Å². The minimum Gasteiger partial charge on any atom is -0.497 e. The lowest BCUT2D eigenvalue weighted by atomic mass is 10.2. The van der Waals surface area contributed by atoms with Gasteiger partial charge in [0.15, 0.2) is 15.6 Å². The first kappa shape index (κ1) is 22.7. The highest BCUT2D eigenvalue weighted by Gasteiger charge is 2.19. The van der Waals surface area contributed by atoms with E-state index < -0.39 is 21.0 Å². The van der Waals surface area contributed by atoms with Crippen molar-refractivity contribution in [1.29, 1.82) is 0 Å². The average molecular weight is 460 g/mol. The van der Waals surface area contributed by atoms with E-state index in [2.05, 4.69) is 5.32 Å². The molecule has 1 amide bonds. The van der Waals surface area contributed by atoms with Gasteiger partial charge in [-0.3, -0.25) is 4.79 Å². The standard InChI is InChI=1S/C23H22ClNO5S/c1-15(2)31(27,28)20-11-4-16(5-12-20)23(26)25-21-14-17(24)6-13-22(21)30-19-9-7-18(29-3)8-10-19/h4-15H,1-3H3,(H,25,26). The molecule has 0 heterocycles. The van der Waals surface area contributed by atoms with Crippen molar-refractivity contribution in [3.8, 4) is 17.2 Å². The van der Waals surface area contributed by atoms with Gasteiger partial charge >= 0.3 is 0 Å². The number of anilines is 1. The summed E-state index contributed by atoms with van der Waals surface area (Å²) >= 11 is 6.10. The van der Waals surface area contributed by atoms with Crippen molar-refractivity contribution in [3.63, 3.8) is 0 Å². The van der Waals surface area contributed by atoms with Crippen molar-refractivity contribution in [2.24, 2.45) is 0 Å². The Hall–Kier alpha value is -3.03. The van der Waals surface area contributed by atoms with E-state index in [1.165, 1.54) is 24.3 Å². The Labute approximate surface area is 186 Å². The molecule has 0 fully saturated rings. The number of sulfone groups is 1. The lowest BCUT2D eigenvalue weighted by molar-refractivity contribution is 0.102. The number of halogens is 1. The lowest BCUT2D eigenvalue weighted by Crippen LogP contribution is -2.15. The fraction of sp³-hybridized carbons (Fsp3) is 0.174. The number of methoxy groups -OCH3 is 1. The predicted molar refractivity (Wildman–Crippen MR) is 121 cm³/mol. The summed E-state index contributed by atoms with van der Waals surface area (Å²) in [7, 11) is -1.83. The van der Waals surface area contributed by atoms with E-state index in [1.807, 2.05) is 0 Å². The number of nitrogens with one attached hydrogen (secondary N) is 1. The number of hydrogen-bond acceptors (Lipinski definition) is 5. The third-order valence-electron chi connectivity index (χ3n) is 4.54. The molecule has 0 aliphatic carbocycles. The third-order valence-corrected chi connectivity index (χ3v) is 6.95. The predicted octanol–water partition coefficient (Wildman–Crippen LogP) is 5.58. The second kappa shape index (κ2) is 9.41. The molecule has 8 heteroatoms. The van der Waals surface area contributed by atoms with E-state index in [4.69, 9.17) is 21.1 Å². The van der Waals surface area contributed by atoms with Gasteiger partial charge in [-0.05, 0) is 80.6 Å². The smallest absolute Gasteiger partial charge is 0.255 e. The van der Waals surface area contributed by atoms with E-state index in [0.717, 1.165) is 0 Å². The topological polar surface area (TPSA) is 81.7 Å². The van der Waals surface area contributed by atoms with Crippen molar-refractivity contribution in [2.75, 3.05) is 12.4 Å². The molecular formula is C23H22ClNO5S. The zero-order chi connectivity index (χ0) is 22.6. The molecule has 0 radical (unpaired) electrons. The van der Waals surface area contributed by atoms with Crippen LogP contribution in [0.3, 0.4) is 0 Å². The van der Waals surface area contributed by atoms with Gasteiger partial charge in [-0.1, -0.05) is 11.6 Å². The Morgan fingerprint density at radius 3 is 2.13 bits per heavy atom. The van der Waals surface area contributed by atoms with Crippen LogP contribution in [0.1, 0.15) is 24.2 Å². The van der Waals surface area contributed by atoms with Gasteiger partial charge in [0.05, 0.1) is 22.9 Å². The van der Waals surface area contributed by atoms with Crippen LogP contribution >= 0.6 is 11.6 Å². The van der Waals surface area contributed by atoms with Gasteiger partial charge in [-0.2, -0.15) is 0 Å². The van der Waals surface area contributed by atoms with Gasteiger partial charge in [0, 0.05) is 10.6 Å². The first-order valence-corrected chi connectivity index (χ1v) is 11.4. The third kappa shape index (κ3) is 5.37. The van der Waals surface area contributed by atoms with Gasteiger partial charge in [0.1, 0.15) is 11.5 Å². The van der Waals surface area contributed by atoms with Crippen LogP contribution in [0.4, 0.5) is 5.69 Å². The molecular weight excluding hydrogens is 438 g/mol. The van der Waals surface area contributed by atoms with Crippen molar-refractivity contribution < 1.29 is 22.7 Å². The molecule has 0 saturated carbocycles. The SMILES string of the molecule is COc1ccc(Oc2ccc(Cl)cc2NC(=O)c2ccc(S(=O)(=O)C(C)C)cc2)cc1. The van der Waals surface area contributed by atoms with Crippen molar-refractivity contribution >= 4 is 33.0 Å². The van der Waals surface area contributed by atoms with Gasteiger partial charge in [0.25, 0.3) is 5.91 Å². The molecule has 6 nitrogen and oxygen atoms in total. The molecule has 0 unspecified atom stereocenters.